The van der Waals surface area contributed by atoms with E-state index in [2.05, 4.69) is 15.3 Å². The van der Waals surface area contributed by atoms with Crippen LogP contribution < -0.4 is 5.32 Å². The standard InChI is InChI=1S/C20H16N4O3S3/c25-17(11-29-20-22-13-3-1-2-4-15(13)27-20)24-7-5-14-16(9-24)30-19(21-14)23-18(26)12-6-8-28-10-12/h1-4,6,8,10H,5,7,9,11H2,(H,21,23,26). The van der Waals surface area contributed by atoms with Crippen LogP contribution in [0.1, 0.15) is 20.9 Å². The van der Waals surface area contributed by atoms with Crippen molar-refractivity contribution in [3.05, 3.63) is 57.2 Å². The third-order valence-corrected chi connectivity index (χ3v) is 7.18. The fourth-order valence-corrected chi connectivity index (χ4v) is 5.55. The van der Waals surface area contributed by atoms with Crippen LogP contribution in [0.25, 0.3) is 11.1 Å². The summed E-state index contributed by atoms with van der Waals surface area (Å²) in [5.74, 6) is 0.137. The van der Waals surface area contributed by atoms with Crippen LogP contribution in [0.2, 0.25) is 0 Å². The number of rotatable bonds is 5. The van der Waals surface area contributed by atoms with Crippen LogP contribution >= 0.6 is 34.4 Å². The first-order valence-corrected chi connectivity index (χ1v) is 12.0. The summed E-state index contributed by atoms with van der Waals surface area (Å²) >= 11 is 4.21. The Morgan fingerprint density at radius 1 is 1.23 bits per heavy atom. The number of nitrogens with one attached hydrogen (secondary N) is 1. The summed E-state index contributed by atoms with van der Waals surface area (Å²) in [7, 11) is 0. The Labute approximate surface area is 184 Å². The Kier molecular flexibility index (Phi) is 5.28. The number of benzene rings is 1. The van der Waals surface area contributed by atoms with Crippen molar-refractivity contribution in [3.63, 3.8) is 0 Å². The van der Waals surface area contributed by atoms with Gasteiger partial charge in [-0.05, 0) is 23.6 Å². The van der Waals surface area contributed by atoms with Gasteiger partial charge in [0.1, 0.15) is 5.52 Å². The first-order chi connectivity index (χ1) is 14.7. The molecule has 30 heavy (non-hydrogen) atoms. The van der Waals surface area contributed by atoms with E-state index in [1.807, 2.05) is 34.5 Å². The summed E-state index contributed by atoms with van der Waals surface area (Å²) in [6.45, 7) is 1.12. The lowest BCUT2D eigenvalue weighted by Gasteiger charge is -2.25. The van der Waals surface area contributed by atoms with E-state index in [-0.39, 0.29) is 17.6 Å². The normalized spacial score (nSPS) is 13.4. The summed E-state index contributed by atoms with van der Waals surface area (Å²) in [5.41, 5.74) is 3.09. The van der Waals surface area contributed by atoms with E-state index in [4.69, 9.17) is 4.42 Å². The van der Waals surface area contributed by atoms with Gasteiger partial charge >= 0.3 is 0 Å². The molecule has 2 amide bonds. The highest BCUT2D eigenvalue weighted by atomic mass is 32.2. The van der Waals surface area contributed by atoms with Gasteiger partial charge in [0.25, 0.3) is 11.1 Å². The lowest BCUT2D eigenvalue weighted by atomic mass is 10.2. The van der Waals surface area contributed by atoms with Gasteiger partial charge in [0.2, 0.25) is 5.91 Å². The number of thiazole rings is 1. The number of thioether (sulfide) groups is 1. The SMILES string of the molecule is O=C(Nc1nc2c(s1)CN(C(=O)CSc1nc3ccccc3o1)CC2)c1ccsc1. The summed E-state index contributed by atoms with van der Waals surface area (Å²) in [6, 6.07) is 9.32. The van der Waals surface area contributed by atoms with Crippen LogP contribution in [0.3, 0.4) is 0 Å². The largest absolute Gasteiger partial charge is 0.431 e. The molecule has 0 saturated carbocycles. The number of thiophene rings is 1. The average molecular weight is 457 g/mol. The number of fused-ring (bicyclic) bond motifs is 2. The minimum Gasteiger partial charge on any atom is -0.431 e. The molecule has 0 saturated heterocycles. The third-order valence-electron chi connectivity index (χ3n) is 4.68. The number of nitrogens with zero attached hydrogens (tertiary/aromatic N) is 3. The second-order valence-corrected chi connectivity index (χ2v) is 9.45. The van der Waals surface area contributed by atoms with Crippen molar-refractivity contribution in [1.29, 1.82) is 0 Å². The molecule has 1 aliphatic heterocycles. The van der Waals surface area contributed by atoms with Gasteiger partial charge in [-0.1, -0.05) is 35.2 Å². The Bertz CT molecular complexity index is 1180. The van der Waals surface area contributed by atoms with Gasteiger partial charge < -0.3 is 9.32 Å². The number of aromatic nitrogens is 2. The topological polar surface area (TPSA) is 88.3 Å². The predicted molar refractivity (Wildman–Crippen MR) is 118 cm³/mol. The molecule has 3 aromatic heterocycles. The molecule has 5 rings (SSSR count). The minimum atomic E-state index is -0.162. The molecule has 0 radical (unpaired) electrons. The fourth-order valence-electron chi connectivity index (χ4n) is 3.15. The predicted octanol–water partition coefficient (Wildman–Crippen LogP) is 4.28. The number of carbonyl (C=O) groups excluding carboxylic acids is 2. The lowest BCUT2D eigenvalue weighted by Crippen LogP contribution is -2.36. The van der Waals surface area contributed by atoms with Crippen LogP contribution in [-0.4, -0.2) is 39.0 Å². The first-order valence-electron chi connectivity index (χ1n) is 9.24. The van der Waals surface area contributed by atoms with Gasteiger partial charge in [-0.15, -0.1) is 0 Å². The van der Waals surface area contributed by atoms with E-state index < -0.39 is 0 Å². The smallest absolute Gasteiger partial charge is 0.258 e. The van der Waals surface area contributed by atoms with Gasteiger partial charge in [0, 0.05) is 23.2 Å². The van der Waals surface area contributed by atoms with Crippen molar-refractivity contribution < 1.29 is 14.0 Å². The van der Waals surface area contributed by atoms with Crippen LogP contribution in [0, 0.1) is 0 Å². The second-order valence-electron chi connectivity index (χ2n) is 6.66. The zero-order chi connectivity index (χ0) is 20.5. The van der Waals surface area contributed by atoms with Crippen molar-refractivity contribution in [2.24, 2.45) is 0 Å². The molecule has 152 valence electrons. The molecule has 1 aliphatic rings. The molecule has 0 spiro atoms. The highest BCUT2D eigenvalue weighted by Crippen LogP contribution is 2.30. The van der Waals surface area contributed by atoms with Crippen molar-refractivity contribution in [2.75, 3.05) is 17.6 Å². The molecule has 0 atom stereocenters. The van der Waals surface area contributed by atoms with Gasteiger partial charge in [-0.2, -0.15) is 11.3 Å². The summed E-state index contributed by atoms with van der Waals surface area (Å²) < 4.78 is 5.67. The monoisotopic (exact) mass is 456 g/mol. The van der Waals surface area contributed by atoms with Crippen LogP contribution in [-0.2, 0) is 17.8 Å². The maximum absolute atomic E-state index is 12.7. The fraction of sp³-hybridized carbons (Fsp3) is 0.200. The van der Waals surface area contributed by atoms with E-state index >= 15 is 0 Å². The van der Waals surface area contributed by atoms with Crippen LogP contribution in [0.15, 0.2) is 50.7 Å². The van der Waals surface area contributed by atoms with Crippen molar-refractivity contribution in [3.8, 4) is 0 Å². The number of hydrogen-bond acceptors (Lipinski definition) is 8. The van der Waals surface area contributed by atoms with Crippen LogP contribution in [0.5, 0.6) is 0 Å². The van der Waals surface area contributed by atoms with Gasteiger partial charge in [-0.25, -0.2) is 9.97 Å². The summed E-state index contributed by atoms with van der Waals surface area (Å²) in [5, 5.41) is 7.59. The molecule has 0 aliphatic carbocycles. The molecule has 0 fully saturated rings. The van der Waals surface area contributed by atoms with Crippen molar-refractivity contribution in [1.82, 2.24) is 14.9 Å². The molecule has 7 nitrogen and oxygen atoms in total. The zero-order valence-corrected chi connectivity index (χ0v) is 18.1. The highest BCUT2D eigenvalue weighted by molar-refractivity contribution is 7.99. The van der Waals surface area contributed by atoms with E-state index in [1.54, 1.807) is 11.4 Å². The number of oxazole rings is 1. The Morgan fingerprint density at radius 3 is 2.97 bits per heavy atom. The average Bonchev–Trinajstić information content (AvgIpc) is 3.49. The molecule has 1 N–H and O–H groups in total. The van der Waals surface area contributed by atoms with Crippen molar-refractivity contribution in [2.45, 2.75) is 18.2 Å². The number of carbonyl (C=O) groups is 2. The van der Waals surface area contributed by atoms with Crippen LogP contribution in [0.4, 0.5) is 5.13 Å². The molecule has 10 heteroatoms. The minimum absolute atomic E-state index is 0.0326. The maximum Gasteiger partial charge on any atom is 0.258 e. The van der Waals surface area contributed by atoms with E-state index in [1.165, 1.54) is 34.4 Å². The Balaban J connectivity index is 1.20. The third kappa shape index (κ3) is 3.98. The quantitative estimate of drug-likeness (QED) is 0.451. The molecule has 0 bridgehead atoms. The molecular formula is C20H16N4O3S3. The van der Waals surface area contributed by atoms with Gasteiger partial charge in [0.15, 0.2) is 10.7 Å². The first kappa shape index (κ1) is 19.3. The van der Waals surface area contributed by atoms with E-state index in [0.717, 1.165) is 21.7 Å². The lowest BCUT2D eigenvalue weighted by molar-refractivity contribution is -0.129. The highest BCUT2D eigenvalue weighted by Gasteiger charge is 2.25. The Hall–Kier alpha value is -2.69. The molecule has 1 aromatic carbocycles. The van der Waals surface area contributed by atoms with Crippen molar-refractivity contribution >= 4 is 62.5 Å². The summed E-state index contributed by atoms with van der Waals surface area (Å²) in [6.07, 6.45) is 0.680. The number of para-hydroxylation sites is 2. The number of anilines is 1. The molecule has 0 unspecified atom stereocenters. The molecule has 4 heterocycles. The van der Waals surface area contributed by atoms with Gasteiger partial charge in [0.05, 0.1) is 23.6 Å². The second kappa shape index (κ2) is 8.21. The zero-order valence-electron chi connectivity index (χ0n) is 15.7. The summed E-state index contributed by atoms with van der Waals surface area (Å²) in [4.78, 5) is 36.7. The number of amides is 2. The maximum atomic E-state index is 12.7. The van der Waals surface area contributed by atoms with E-state index in [0.29, 0.717) is 35.4 Å². The Morgan fingerprint density at radius 2 is 2.13 bits per heavy atom. The number of hydrogen-bond donors (Lipinski definition) is 1. The molecular weight excluding hydrogens is 440 g/mol. The van der Waals surface area contributed by atoms with E-state index in [9.17, 15) is 9.59 Å². The van der Waals surface area contributed by atoms with Gasteiger partial charge in [-0.3, -0.25) is 14.9 Å². The molecule has 4 aromatic rings.